The zero-order valence-corrected chi connectivity index (χ0v) is 12.0. The molecule has 0 bridgehead atoms. The van der Waals surface area contributed by atoms with Gasteiger partial charge in [0.1, 0.15) is 0 Å². The molecule has 0 aromatic heterocycles. The fourth-order valence-corrected chi connectivity index (χ4v) is 2.26. The summed E-state index contributed by atoms with van der Waals surface area (Å²) >= 11 is 0. The van der Waals surface area contributed by atoms with Gasteiger partial charge >= 0.3 is 7.27 Å². The Balaban J connectivity index is 3.60. The fraction of sp³-hybridized carbons (Fsp3) is 0.571. The van der Waals surface area contributed by atoms with Crippen molar-refractivity contribution in [1.82, 2.24) is 0 Å². The van der Waals surface area contributed by atoms with Gasteiger partial charge in [-0.2, -0.15) is 0 Å². The molecule has 0 atom stereocenters. The van der Waals surface area contributed by atoms with Gasteiger partial charge in [0.15, 0.2) is 17.5 Å². The first-order chi connectivity index (χ1) is 9.16. The normalized spacial score (nSPS) is 11.6. The van der Waals surface area contributed by atoms with Crippen molar-refractivity contribution in [1.29, 1.82) is 0 Å². The largest absolute Gasteiger partial charge is 0.575 e. The Hall–Kier alpha value is -1.07. The van der Waals surface area contributed by atoms with E-state index < -0.39 is 30.2 Å². The highest BCUT2D eigenvalue weighted by Gasteiger charge is 2.33. The number of rotatable bonds is 5. The highest BCUT2D eigenvalue weighted by molar-refractivity contribution is 6.60. The number of hydrogen-bond donors (Lipinski definition) is 0. The van der Waals surface area contributed by atoms with Gasteiger partial charge in [-0.1, -0.05) is 27.7 Å². The van der Waals surface area contributed by atoms with Crippen molar-refractivity contribution in [3.63, 3.8) is 0 Å². The van der Waals surface area contributed by atoms with Gasteiger partial charge in [0.2, 0.25) is 0 Å². The van der Waals surface area contributed by atoms with Crippen LogP contribution in [0.4, 0.5) is 21.8 Å². The third-order valence-corrected chi connectivity index (χ3v) is 3.02. The monoisotopic (exact) mass is 292 g/mol. The first-order valence-electron chi connectivity index (χ1n) is 6.63. The molecule has 0 spiro atoms. The molecule has 0 aliphatic carbocycles. The van der Waals surface area contributed by atoms with Crippen LogP contribution in [0.15, 0.2) is 0 Å². The van der Waals surface area contributed by atoms with Gasteiger partial charge in [0.05, 0.1) is 0 Å². The molecule has 0 unspecified atom stereocenters. The molecule has 0 fully saturated rings. The van der Waals surface area contributed by atoms with E-state index in [4.69, 9.17) is 0 Å². The minimum Gasteiger partial charge on any atom is -0.281 e. The van der Waals surface area contributed by atoms with Crippen LogP contribution >= 0.6 is 0 Å². The molecular weight excluding hydrogens is 274 g/mol. The van der Waals surface area contributed by atoms with Gasteiger partial charge in [0, 0.05) is 5.46 Å². The van der Waals surface area contributed by atoms with Crippen LogP contribution in [0, 0.1) is 29.3 Å². The standard InChI is InChI=1S/C14H18BF5/c1-7(2)5-9-10(6-8(3)4)12(16)14(18)13(17)11(9)15(19)20/h7-8H,5-6H2,1-4H3. The first-order valence-corrected chi connectivity index (χ1v) is 6.63. The zero-order chi connectivity index (χ0) is 15.6. The van der Waals surface area contributed by atoms with Crippen molar-refractivity contribution < 1.29 is 21.8 Å². The quantitative estimate of drug-likeness (QED) is 0.435. The molecule has 1 rings (SSSR count). The molecule has 112 valence electrons. The summed E-state index contributed by atoms with van der Waals surface area (Å²) in [6.45, 7) is 7.05. The van der Waals surface area contributed by atoms with Gasteiger partial charge in [-0.15, -0.1) is 0 Å². The lowest BCUT2D eigenvalue weighted by molar-refractivity contribution is 0.434. The van der Waals surface area contributed by atoms with Crippen LogP contribution in [-0.2, 0) is 12.8 Å². The van der Waals surface area contributed by atoms with Crippen molar-refractivity contribution >= 4 is 12.7 Å². The maximum Gasteiger partial charge on any atom is 0.575 e. The van der Waals surface area contributed by atoms with E-state index in [1.165, 1.54) is 0 Å². The highest BCUT2D eigenvalue weighted by atomic mass is 19.2. The lowest BCUT2D eigenvalue weighted by Crippen LogP contribution is -2.33. The van der Waals surface area contributed by atoms with Crippen LogP contribution in [0.3, 0.4) is 0 Å². The van der Waals surface area contributed by atoms with Crippen molar-refractivity contribution in [2.75, 3.05) is 0 Å². The van der Waals surface area contributed by atoms with E-state index in [-0.39, 0.29) is 35.8 Å². The average Bonchev–Trinajstić information content (AvgIpc) is 2.30. The Morgan fingerprint density at radius 2 is 1.20 bits per heavy atom. The molecule has 0 heterocycles. The van der Waals surface area contributed by atoms with E-state index in [1.54, 1.807) is 27.7 Å². The van der Waals surface area contributed by atoms with Crippen molar-refractivity contribution in [2.45, 2.75) is 40.5 Å². The Morgan fingerprint density at radius 3 is 1.60 bits per heavy atom. The van der Waals surface area contributed by atoms with Crippen LogP contribution in [-0.4, -0.2) is 7.27 Å². The summed E-state index contributed by atoms with van der Waals surface area (Å²) in [5, 5.41) is 0. The van der Waals surface area contributed by atoms with E-state index in [9.17, 15) is 21.8 Å². The van der Waals surface area contributed by atoms with E-state index in [1.807, 2.05) is 0 Å². The Morgan fingerprint density at radius 1 is 0.750 bits per heavy atom. The Kier molecular flexibility index (Phi) is 5.60. The lowest BCUT2D eigenvalue weighted by atomic mass is 9.75. The Bertz CT molecular complexity index is 483. The summed E-state index contributed by atoms with van der Waals surface area (Å²) in [6, 6.07) is 0. The third-order valence-electron chi connectivity index (χ3n) is 3.02. The van der Waals surface area contributed by atoms with Crippen molar-refractivity contribution in [2.24, 2.45) is 11.8 Å². The number of benzene rings is 1. The van der Waals surface area contributed by atoms with E-state index in [0.29, 0.717) is 0 Å². The first kappa shape index (κ1) is 17.0. The Labute approximate surface area is 116 Å². The second-order valence-electron chi connectivity index (χ2n) is 5.81. The smallest absolute Gasteiger partial charge is 0.281 e. The van der Waals surface area contributed by atoms with Gasteiger partial charge < -0.3 is 0 Å². The SMILES string of the molecule is CC(C)Cc1c(F)c(F)c(F)c(B(F)F)c1CC(C)C. The molecule has 0 saturated carbocycles. The van der Waals surface area contributed by atoms with Crippen LogP contribution in [0.5, 0.6) is 0 Å². The summed E-state index contributed by atoms with van der Waals surface area (Å²) in [6.07, 6.45) is 0.195. The van der Waals surface area contributed by atoms with Crippen molar-refractivity contribution in [3.8, 4) is 0 Å². The minimum absolute atomic E-state index is 0.0502. The van der Waals surface area contributed by atoms with Crippen molar-refractivity contribution in [3.05, 3.63) is 28.6 Å². The van der Waals surface area contributed by atoms with Gasteiger partial charge in [-0.25, -0.2) is 13.2 Å². The summed E-state index contributed by atoms with van der Waals surface area (Å²) in [4.78, 5) is 0. The molecule has 0 aliphatic rings. The van der Waals surface area contributed by atoms with E-state index in [2.05, 4.69) is 0 Å². The molecule has 20 heavy (non-hydrogen) atoms. The zero-order valence-electron chi connectivity index (χ0n) is 12.0. The minimum atomic E-state index is -3.16. The summed E-state index contributed by atoms with van der Waals surface area (Å²) in [7, 11) is -3.16. The second-order valence-corrected chi connectivity index (χ2v) is 5.81. The van der Waals surface area contributed by atoms with Crippen LogP contribution < -0.4 is 5.46 Å². The predicted octanol–water partition coefficient (Wildman–Crippen LogP) is 4.14. The molecule has 0 aliphatic heterocycles. The molecule has 6 heteroatoms. The molecule has 0 saturated heterocycles. The summed E-state index contributed by atoms with van der Waals surface area (Å²) in [5.41, 5.74) is -1.20. The van der Waals surface area contributed by atoms with Crippen LogP contribution in [0.1, 0.15) is 38.8 Å². The second kappa shape index (κ2) is 6.59. The lowest BCUT2D eigenvalue weighted by Gasteiger charge is -2.19. The van der Waals surface area contributed by atoms with Gasteiger partial charge in [0.25, 0.3) is 0 Å². The van der Waals surface area contributed by atoms with Crippen LogP contribution in [0.25, 0.3) is 0 Å². The molecule has 0 radical (unpaired) electrons. The van der Waals surface area contributed by atoms with Gasteiger partial charge in [-0.05, 0) is 35.8 Å². The molecule has 0 amide bonds. The maximum absolute atomic E-state index is 13.9. The van der Waals surface area contributed by atoms with E-state index in [0.717, 1.165) is 0 Å². The predicted molar refractivity (Wildman–Crippen MR) is 71.0 cm³/mol. The third kappa shape index (κ3) is 3.52. The summed E-state index contributed by atoms with van der Waals surface area (Å²) < 4.78 is 67.1. The number of hydrogen-bond acceptors (Lipinski definition) is 0. The molecule has 0 nitrogen and oxygen atoms in total. The molecule has 0 N–H and O–H groups in total. The maximum atomic E-state index is 13.9. The molecule has 1 aromatic carbocycles. The number of halogens is 5. The fourth-order valence-electron chi connectivity index (χ4n) is 2.26. The average molecular weight is 292 g/mol. The van der Waals surface area contributed by atoms with Gasteiger partial charge in [-0.3, -0.25) is 8.63 Å². The topological polar surface area (TPSA) is 0 Å². The van der Waals surface area contributed by atoms with Crippen LogP contribution in [0.2, 0.25) is 0 Å². The molecule has 1 aromatic rings. The highest BCUT2D eigenvalue weighted by Crippen LogP contribution is 2.24. The molecular formula is C14H18BF5. The van der Waals surface area contributed by atoms with E-state index >= 15 is 0 Å². The summed E-state index contributed by atoms with van der Waals surface area (Å²) in [5.74, 6) is -5.02.